The summed E-state index contributed by atoms with van der Waals surface area (Å²) in [7, 11) is 0. The van der Waals surface area contributed by atoms with Gasteiger partial charge in [-0.15, -0.1) is 0 Å². The van der Waals surface area contributed by atoms with Crippen molar-refractivity contribution >= 4 is 0 Å². The zero-order valence-electron chi connectivity index (χ0n) is 8.90. The van der Waals surface area contributed by atoms with Crippen LogP contribution >= 0.6 is 0 Å². The van der Waals surface area contributed by atoms with Crippen molar-refractivity contribution in [2.45, 2.75) is 25.6 Å². The molecule has 1 aromatic heterocycles. The lowest BCUT2D eigenvalue weighted by atomic mass is 9.91. The van der Waals surface area contributed by atoms with Crippen LogP contribution in [0.3, 0.4) is 0 Å². The first kappa shape index (κ1) is 9.33. The summed E-state index contributed by atoms with van der Waals surface area (Å²) in [6.07, 6.45) is 3.92. The summed E-state index contributed by atoms with van der Waals surface area (Å²) in [6.45, 7) is 5.32. The van der Waals surface area contributed by atoms with E-state index >= 15 is 0 Å². The molecule has 0 aliphatic carbocycles. The summed E-state index contributed by atoms with van der Waals surface area (Å²) in [6, 6.07) is 0.933. The van der Waals surface area contributed by atoms with Crippen LogP contribution in [0, 0.1) is 5.92 Å². The SMILES string of the molecule is CC1NNCC1C1NCCn2cncc21. The standard InChI is InChI=1S/C10H17N5/c1-7-8(4-13-14-7)10-9-5-11-6-15(9)3-2-12-10/h5-8,10,12-14H,2-4H2,1H3. The molecule has 2 aliphatic heterocycles. The number of hydrazine groups is 1. The Hall–Kier alpha value is -0.910. The number of hydrogen-bond donors (Lipinski definition) is 3. The maximum atomic E-state index is 4.23. The maximum Gasteiger partial charge on any atom is 0.0949 e. The van der Waals surface area contributed by atoms with Gasteiger partial charge in [0.2, 0.25) is 0 Å². The van der Waals surface area contributed by atoms with Gasteiger partial charge in [0.25, 0.3) is 0 Å². The highest BCUT2D eigenvalue weighted by Crippen LogP contribution is 2.28. The van der Waals surface area contributed by atoms with Crippen LogP contribution in [0.2, 0.25) is 0 Å². The van der Waals surface area contributed by atoms with E-state index in [1.54, 1.807) is 0 Å². The van der Waals surface area contributed by atoms with E-state index in [9.17, 15) is 0 Å². The second-order valence-electron chi connectivity index (χ2n) is 4.42. The third kappa shape index (κ3) is 1.47. The molecule has 15 heavy (non-hydrogen) atoms. The van der Waals surface area contributed by atoms with Crippen molar-refractivity contribution in [1.29, 1.82) is 0 Å². The Balaban J connectivity index is 1.89. The minimum absolute atomic E-state index is 0.429. The highest BCUT2D eigenvalue weighted by Gasteiger charge is 2.34. The fourth-order valence-electron chi connectivity index (χ4n) is 2.62. The zero-order chi connectivity index (χ0) is 10.3. The van der Waals surface area contributed by atoms with Crippen molar-refractivity contribution in [2.24, 2.45) is 5.92 Å². The van der Waals surface area contributed by atoms with Crippen LogP contribution in [0.15, 0.2) is 12.5 Å². The quantitative estimate of drug-likeness (QED) is 0.588. The van der Waals surface area contributed by atoms with Gasteiger partial charge in [-0.2, -0.15) is 0 Å². The molecule has 3 heterocycles. The minimum Gasteiger partial charge on any atom is -0.332 e. The Morgan fingerprint density at radius 3 is 3.27 bits per heavy atom. The van der Waals surface area contributed by atoms with Gasteiger partial charge in [0, 0.05) is 37.8 Å². The lowest BCUT2D eigenvalue weighted by molar-refractivity contribution is 0.307. The van der Waals surface area contributed by atoms with Crippen molar-refractivity contribution in [3.63, 3.8) is 0 Å². The van der Waals surface area contributed by atoms with Crippen LogP contribution in [0.5, 0.6) is 0 Å². The van der Waals surface area contributed by atoms with E-state index in [1.807, 2.05) is 12.5 Å². The topological polar surface area (TPSA) is 53.9 Å². The van der Waals surface area contributed by atoms with Gasteiger partial charge in [0.1, 0.15) is 0 Å². The third-order valence-corrected chi connectivity index (χ3v) is 3.52. The highest BCUT2D eigenvalue weighted by molar-refractivity contribution is 5.11. The fourth-order valence-corrected chi connectivity index (χ4v) is 2.62. The van der Waals surface area contributed by atoms with Crippen LogP contribution in [-0.4, -0.2) is 28.7 Å². The van der Waals surface area contributed by atoms with E-state index in [-0.39, 0.29) is 0 Å². The molecular weight excluding hydrogens is 190 g/mol. The van der Waals surface area contributed by atoms with E-state index in [2.05, 4.69) is 32.6 Å². The number of nitrogens with zero attached hydrogens (tertiary/aromatic N) is 2. The lowest BCUT2D eigenvalue weighted by Gasteiger charge is -2.31. The average molecular weight is 207 g/mol. The van der Waals surface area contributed by atoms with Gasteiger partial charge < -0.3 is 9.88 Å². The summed E-state index contributed by atoms with van der Waals surface area (Å²) in [5.41, 5.74) is 7.82. The molecule has 5 heteroatoms. The number of fused-ring (bicyclic) bond motifs is 1. The molecule has 3 unspecified atom stereocenters. The normalized spacial score (nSPS) is 35.4. The summed E-state index contributed by atoms with van der Waals surface area (Å²) in [4.78, 5) is 4.23. The van der Waals surface area contributed by atoms with Gasteiger partial charge in [0.15, 0.2) is 0 Å². The van der Waals surface area contributed by atoms with Crippen molar-refractivity contribution < 1.29 is 0 Å². The first-order chi connectivity index (χ1) is 7.36. The number of hydrogen-bond acceptors (Lipinski definition) is 4. The van der Waals surface area contributed by atoms with Crippen LogP contribution in [0.4, 0.5) is 0 Å². The van der Waals surface area contributed by atoms with Gasteiger partial charge in [-0.05, 0) is 6.92 Å². The molecule has 3 rings (SSSR count). The average Bonchev–Trinajstić information content (AvgIpc) is 2.85. The van der Waals surface area contributed by atoms with E-state index < -0.39 is 0 Å². The number of nitrogens with one attached hydrogen (secondary N) is 3. The summed E-state index contributed by atoms with van der Waals surface area (Å²) < 4.78 is 2.26. The van der Waals surface area contributed by atoms with E-state index in [0.29, 0.717) is 18.0 Å². The highest BCUT2D eigenvalue weighted by atomic mass is 15.4. The molecule has 3 N–H and O–H groups in total. The minimum atomic E-state index is 0.429. The van der Waals surface area contributed by atoms with Gasteiger partial charge in [-0.25, -0.2) is 4.98 Å². The van der Waals surface area contributed by atoms with Crippen molar-refractivity contribution in [2.75, 3.05) is 13.1 Å². The molecule has 1 fully saturated rings. The van der Waals surface area contributed by atoms with Crippen LogP contribution in [0.1, 0.15) is 18.7 Å². The number of rotatable bonds is 1. The van der Waals surface area contributed by atoms with E-state index in [0.717, 1.165) is 19.6 Å². The Morgan fingerprint density at radius 1 is 1.53 bits per heavy atom. The Bertz CT molecular complexity index is 347. The Morgan fingerprint density at radius 2 is 2.47 bits per heavy atom. The predicted octanol–water partition coefficient (Wildman–Crippen LogP) is -0.360. The van der Waals surface area contributed by atoms with Gasteiger partial charge in [-0.1, -0.05) is 0 Å². The van der Waals surface area contributed by atoms with Crippen LogP contribution in [-0.2, 0) is 6.54 Å². The monoisotopic (exact) mass is 207 g/mol. The Labute approximate surface area is 89.2 Å². The molecule has 0 radical (unpaired) electrons. The largest absolute Gasteiger partial charge is 0.332 e. The van der Waals surface area contributed by atoms with Crippen LogP contribution in [0.25, 0.3) is 0 Å². The molecular formula is C10H17N5. The first-order valence-corrected chi connectivity index (χ1v) is 5.58. The molecule has 0 bridgehead atoms. The maximum absolute atomic E-state index is 4.23. The van der Waals surface area contributed by atoms with Crippen LogP contribution < -0.4 is 16.2 Å². The molecule has 0 amide bonds. The Kier molecular flexibility index (Phi) is 2.23. The van der Waals surface area contributed by atoms with Gasteiger partial charge in [-0.3, -0.25) is 10.9 Å². The van der Waals surface area contributed by atoms with E-state index in [1.165, 1.54) is 5.69 Å². The number of aromatic nitrogens is 2. The molecule has 1 aromatic rings. The van der Waals surface area contributed by atoms with E-state index in [4.69, 9.17) is 0 Å². The molecule has 3 atom stereocenters. The zero-order valence-corrected chi connectivity index (χ0v) is 8.90. The third-order valence-electron chi connectivity index (χ3n) is 3.52. The van der Waals surface area contributed by atoms with Crippen molar-refractivity contribution in [3.05, 3.63) is 18.2 Å². The molecule has 2 aliphatic rings. The van der Waals surface area contributed by atoms with Crippen molar-refractivity contribution in [1.82, 2.24) is 25.7 Å². The smallest absolute Gasteiger partial charge is 0.0949 e. The second kappa shape index (κ2) is 3.59. The summed E-state index contributed by atoms with van der Waals surface area (Å²) in [5, 5.41) is 3.59. The summed E-state index contributed by atoms with van der Waals surface area (Å²) >= 11 is 0. The molecule has 82 valence electrons. The molecule has 0 spiro atoms. The first-order valence-electron chi connectivity index (χ1n) is 5.58. The van der Waals surface area contributed by atoms with Crippen molar-refractivity contribution in [3.8, 4) is 0 Å². The van der Waals surface area contributed by atoms with Gasteiger partial charge in [0.05, 0.1) is 18.1 Å². The fraction of sp³-hybridized carbons (Fsp3) is 0.700. The predicted molar refractivity (Wildman–Crippen MR) is 57.1 cm³/mol. The lowest BCUT2D eigenvalue weighted by Crippen LogP contribution is -2.41. The second-order valence-corrected chi connectivity index (χ2v) is 4.42. The molecule has 5 nitrogen and oxygen atoms in total. The number of imidazole rings is 1. The molecule has 0 saturated carbocycles. The molecule has 1 saturated heterocycles. The summed E-state index contributed by atoms with van der Waals surface area (Å²) in [5.74, 6) is 0.598. The van der Waals surface area contributed by atoms with Gasteiger partial charge >= 0.3 is 0 Å². The molecule has 0 aromatic carbocycles.